The number of aryl methyl sites for hydroxylation is 1. The fourth-order valence-corrected chi connectivity index (χ4v) is 1.98. The van der Waals surface area contributed by atoms with E-state index >= 15 is 0 Å². The standard InChI is InChI=1S/C15H14N2O/c1-12-10-17-9-5-6-13(15(17)16-12)11-18-14-7-3-2-4-8-14/h2-10H,11H2,1H3. The minimum absolute atomic E-state index is 0.533. The predicted molar refractivity (Wildman–Crippen MR) is 70.7 cm³/mol. The first-order valence-corrected chi connectivity index (χ1v) is 5.94. The third kappa shape index (κ3) is 2.07. The molecule has 2 aromatic heterocycles. The molecule has 0 saturated heterocycles. The maximum Gasteiger partial charge on any atom is 0.143 e. The van der Waals surface area contributed by atoms with Crippen LogP contribution in [0.5, 0.6) is 5.75 Å². The third-order valence-electron chi connectivity index (χ3n) is 2.82. The molecule has 0 aliphatic carbocycles. The molecule has 90 valence electrons. The number of hydrogen-bond donors (Lipinski definition) is 0. The third-order valence-corrected chi connectivity index (χ3v) is 2.82. The summed E-state index contributed by atoms with van der Waals surface area (Å²) in [6.07, 6.45) is 4.02. The van der Waals surface area contributed by atoms with Crippen molar-refractivity contribution >= 4 is 5.65 Å². The molecule has 3 nitrogen and oxygen atoms in total. The predicted octanol–water partition coefficient (Wildman–Crippen LogP) is 3.22. The highest BCUT2D eigenvalue weighted by Crippen LogP contribution is 2.15. The van der Waals surface area contributed by atoms with Crippen LogP contribution in [0.3, 0.4) is 0 Å². The molecule has 0 radical (unpaired) electrons. The van der Waals surface area contributed by atoms with Gasteiger partial charge in [-0.2, -0.15) is 0 Å². The summed E-state index contributed by atoms with van der Waals surface area (Å²) in [5.74, 6) is 0.878. The number of aromatic nitrogens is 2. The highest BCUT2D eigenvalue weighted by atomic mass is 16.5. The van der Waals surface area contributed by atoms with Crippen LogP contribution in [0.15, 0.2) is 54.9 Å². The zero-order valence-electron chi connectivity index (χ0n) is 10.2. The van der Waals surface area contributed by atoms with Gasteiger partial charge in [-0.05, 0) is 25.1 Å². The Kier molecular flexibility index (Phi) is 2.73. The van der Waals surface area contributed by atoms with Crippen molar-refractivity contribution < 1.29 is 4.74 Å². The van der Waals surface area contributed by atoms with E-state index in [2.05, 4.69) is 4.98 Å². The normalized spacial score (nSPS) is 10.7. The molecule has 0 unspecified atom stereocenters. The zero-order chi connectivity index (χ0) is 12.4. The number of benzene rings is 1. The lowest BCUT2D eigenvalue weighted by molar-refractivity contribution is 0.307. The van der Waals surface area contributed by atoms with Gasteiger partial charge in [0.1, 0.15) is 18.0 Å². The van der Waals surface area contributed by atoms with Crippen LogP contribution in [0.4, 0.5) is 0 Å². The van der Waals surface area contributed by atoms with Crippen molar-refractivity contribution in [2.75, 3.05) is 0 Å². The lowest BCUT2D eigenvalue weighted by atomic mass is 10.3. The van der Waals surface area contributed by atoms with Gasteiger partial charge in [-0.1, -0.05) is 24.3 Å². The minimum atomic E-state index is 0.533. The number of pyridine rings is 1. The van der Waals surface area contributed by atoms with E-state index in [9.17, 15) is 0 Å². The molecule has 18 heavy (non-hydrogen) atoms. The van der Waals surface area contributed by atoms with Crippen LogP contribution in [-0.4, -0.2) is 9.38 Å². The van der Waals surface area contributed by atoms with Gasteiger partial charge in [-0.3, -0.25) is 0 Å². The summed E-state index contributed by atoms with van der Waals surface area (Å²) in [6, 6.07) is 13.9. The summed E-state index contributed by atoms with van der Waals surface area (Å²) in [4.78, 5) is 4.51. The molecule has 1 aromatic carbocycles. The molecule has 0 fully saturated rings. The fourth-order valence-electron chi connectivity index (χ4n) is 1.98. The van der Waals surface area contributed by atoms with Gasteiger partial charge in [0.25, 0.3) is 0 Å². The molecule has 0 atom stereocenters. The molecule has 0 N–H and O–H groups in total. The van der Waals surface area contributed by atoms with E-state index in [0.29, 0.717) is 6.61 Å². The van der Waals surface area contributed by atoms with E-state index in [1.807, 2.05) is 66.2 Å². The van der Waals surface area contributed by atoms with E-state index in [1.165, 1.54) is 0 Å². The zero-order valence-corrected chi connectivity index (χ0v) is 10.2. The maximum atomic E-state index is 5.76. The van der Waals surface area contributed by atoms with Gasteiger partial charge in [0.05, 0.1) is 5.69 Å². The Hall–Kier alpha value is -2.29. The van der Waals surface area contributed by atoms with E-state index in [0.717, 1.165) is 22.7 Å². The second-order valence-corrected chi connectivity index (χ2v) is 4.25. The van der Waals surface area contributed by atoms with Crippen LogP contribution in [0, 0.1) is 6.92 Å². The Labute approximate surface area is 106 Å². The average Bonchev–Trinajstić information content (AvgIpc) is 2.78. The maximum absolute atomic E-state index is 5.76. The molecule has 3 rings (SSSR count). The molecule has 3 aromatic rings. The molecule has 0 saturated carbocycles. The molecule has 0 amide bonds. The molecule has 2 heterocycles. The number of para-hydroxylation sites is 1. The van der Waals surface area contributed by atoms with Crippen LogP contribution in [0.1, 0.15) is 11.3 Å². The number of imidazole rings is 1. The number of nitrogens with zero attached hydrogens (tertiary/aromatic N) is 2. The van der Waals surface area contributed by atoms with Gasteiger partial charge in [-0.15, -0.1) is 0 Å². The van der Waals surface area contributed by atoms with Crippen LogP contribution in [0.2, 0.25) is 0 Å². The van der Waals surface area contributed by atoms with Gasteiger partial charge < -0.3 is 9.14 Å². The quantitative estimate of drug-likeness (QED) is 0.700. The van der Waals surface area contributed by atoms with Gasteiger partial charge in [0, 0.05) is 18.0 Å². The molecule has 0 bridgehead atoms. The SMILES string of the molecule is Cc1cn2cccc(COc3ccccc3)c2n1. The van der Waals surface area contributed by atoms with Crippen molar-refractivity contribution in [3.63, 3.8) is 0 Å². The lowest BCUT2D eigenvalue weighted by Crippen LogP contribution is -1.98. The molecule has 3 heteroatoms. The summed E-state index contributed by atoms with van der Waals surface area (Å²) in [5.41, 5.74) is 3.07. The van der Waals surface area contributed by atoms with Crippen molar-refractivity contribution in [3.05, 3.63) is 66.1 Å². The Bertz CT molecular complexity index is 659. The highest BCUT2D eigenvalue weighted by molar-refractivity contribution is 5.48. The summed E-state index contributed by atoms with van der Waals surface area (Å²) in [5, 5.41) is 0. The van der Waals surface area contributed by atoms with Gasteiger partial charge in [0.15, 0.2) is 0 Å². The first kappa shape index (κ1) is 10.8. The first-order valence-electron chi connectivity index (χ1n) is 5.94. The fraction of sp³-hybridized carbons (Fsp3) is 0.133. The Morgan fingerprint density at radius 1 is 1.11 bits per heavy atom. The van der Waals surface area contributed by atoms with Crippen LogP contribution < -0.4 is 4.74 Å². The smallest absolute Gasteiger partial charge is 0.143 e. The summed E-state index contributed by atoms with van der Waals surface area (Å²) in [7, 11) is 0. The van der Waals surface area contributed by atoms with E-state index < -0.39 is 0 Å². The van der Waals surface area contributed by atoms with Crippen molar-refractivity contribution in [1.82, 2.24) is 9.38 Å². The van der Waals surface area contributed by atoms with Crippen molar-refractivity contribution in [3.8, 4) is 5.75 Å². The number of hydrogen-bond acceptors (Lipinski definition) is 2. The Morgan fingerprint density at radius 2 is 1.94 bits per heavy atom. The van der Waals surface area contributed by atoms with Crippen molar-refractivity contribution in [1.29, 1.82) is 0 Å². The largest absolute Gasteiger partial charge is 0.489 e. The van der Waals surface area contributed by atoms with E-state index in [1.54, 1.807) is 0 Å². The highest BCUT2D eigenvalue weighted by Gasteiger charge is 2.04. The molecule has 0 aliphatic rings. The summed E-state index contributed by atoms with van der Waals surface area (Å²) >= 11 is 0. The van der Waals surface area contributed by atoms with Gasteiger partial charge in [-0.25, -0.2) is 4.98 Å². The summed E-state index contributed by atoms with van der Waals surface area (Å²) < 4.78 is 7.78. The molecule has 0 aliphatic heterocycles. The number of rotatable bonds is 3. The Morgan fingerprint density at radius 3 is 2.78 bits per heavy atom. The minimum Gasteiger partial charge on any atom is -0.489 e. The van der Waals surface area contributed by atoms with E-state index in [4.69, 9.17) is 4.74 Å². The second kappa shape index (κ2) is 4.53. The van der Waals surface area contributed by atoms with Crippen LogP contribution in [0.25, 0.3) is 5.65 Å². The van der Waals surface area contributed by atoms with Crippen molar-refractivity contribution in [2.45, 2.75) is 13.5 Å². The van der Waals surface area contributed by atoms with Gasteiger partial charge >= 0.3 is 0 Å². The topological polar surface area (TPSA) is 26.5 Å². The second-order valence-electron chi connectivity index (χ2n) is 4.25. The lowest BCUT2D eigenvalue weighted by Gasteiger charge is -2.06. The Balaban J connectivity index is 1.86. The number of fused-ring (bicyclic) bond motifs is 1. The van der Waals surface area contributed by atoms with Crippen molar-refractivity contribution in [2.24, 2.45) is 0 Å². The average molecular weight is 238 g/mol. The van der Waals surface area contributed by atoms with Crippen LogP contribution >= 0.6 is 0 Å². The van der Waals surface area contributed by atoms with E-state index in [-0.39, 0.29) is 0 Å². The molecular formula is C15H14N2O. The summed E-state index contributed by atoms with van der Waals surface area (Å²) in [6.45, 7) is 2.53. The van der Waals surface area contributed by atoms with Gasteiger partial charge in [0.2, 0.25) is 0 Å². The number of ether oxygens (including phenoxy) is 1. The van der Waals surface area contributed by atoms with Crippen LogP contribution in [-0.2, 0) is 6.61 Å². The molecular weight excluding hydrogens is 224 g/mol. The first-order chi connectivity index (χ1) is 8.83. The molecule has 0 spiro atoms. The monoisotopic (exact) mass is 238 g/mol.